The third-order valence-electron chi connectivity index (χ3n) is 3.00. The first-order valence-electron chi connectivity index (χ1n) is 6.55. The Kier molecular flexibility index (Phi) is 3.74. The van der Waals surface area contributed by atoms with E-state index in [1.54, 1.807) is 12.1 Å². The highest BCUT2D eigenvalue weighted by molar-refractivity contribution is 5.41. The lowest BCUT2D eigenvalue weighted by Gasteiger charge is -2.26. The number of halogens is 3. The number of benzene rings is 1. The number of ether oxygens (including phenoxy) is 2. The van der Waals surface area contributed by atoms with E-state index in [2.05, 4.69) is 15.3 Å². The molecule has 1 N–H and O–H groups in total. The quantitative estimate of drug-likeness (QED) is 0.944. The van der Waals surface area contributed by atoms with Crippen molar-refractivity contribution in [3.8, 4) is 11.5 Å². The van der Waals surface area contributed by atoms with E-state index >= 15 is 0 Å². The SMILES string of the molecule is FC(F)(F)c1ccnc(NCC2COc3ccccc3O2)n1. The first-order valence-corrected chi connectivity index (χ1v) is 6.55. The van der Waals surface area contributed by atoms with Gasteiger partial charge in [0.05, 0.1) is 6.54 Å². The summed E-state index contributed by atoms with van der Waals surface area (Å²) in [5, 5.41) is 2.73. The van der Waals surface area contributed by atoms with Gasteiger partial charge in [0.25, 0.3) is 0 Å². The van der Waals surface area contributed by atoms with Gasteiger partial charge in [-0.1, -0.05) is 12.1 Å². The van der Waals surface area contributed by atoms with Crippen LogP contribution in [0.25, 0.3) is 0 Å². The lowest BCUT2D eigenvalue weighted by Crippen LogP contribution is -2.35. The number of fused-ring (bicyclic) bond motifs is 1. The molecule has 0 fully saturated rings. The maximum absolute atomic E-state index is 12.6. The van der Waals surface area contributed by atoms with Crippen LogP contribution in [0.2, 0.25) is 0 Å². The fourth-order valence-electron chi connectivity index (χ4n) is 1.97. The first kappa shape index (κ1) is 14.4. The fraction of sp³-hybridized carbons (Fsp3) is 0.286. The van der Waals surface area contributed by atoms with Gasteiger partial charge in [0, 0.05) is 6.20 Å². The second-order valence-corrected chi connectivity index (χ2v) is 4.64. The number of nitrogens with one attached hydrogen (secondary N) is 1. The molecule has 0 amide bonds. The Hall–Kier alpha value is -2.51. The number of para-hydroxylation sites is 2. The number of anilines is 1. The average Bonchev–Trinajstić information content (AvgIpc) is 2.52. The molecule has 22 heavy (non-hydrogen) atoms. The summed E-state index contributed by atoms with van der Waals surface area (Å²) in [5.41, 5.74) is -0.990. The van der Waals surface area contributed by atoms with Crippen LogP contribution in [0.1, 0.15) is 5.69 Å². The van der Waals surface area contributed by atoms with Crippen molar-refractivity contribution in [3.63, 3.8) is 0 Å². The molecule has 0 saturated carbocycles. The van der Waals surface area contributed by atoms with Crippen LogP contribution in [0.4, 0.5) is 19.1 Å². The zero-order chi connectivity index (χ0) is 15.6. The van der Waals surface area contributed by atoms with E-state index in [4.69, 9.17) is 9.47 Å². The van der Waals surface area contributed by atoms with Gasteiger partial charge in [-0.2, -0.15) is 13.2 Å². The molecule has 1 aromatic carbocycles. The van der Waals surface area contributed by atoms with Crippen LogP contribution in [-0.2, 0) is 6.18 Å². The van der Waals surface area contributed by atoms with Crippen molar-refractivity contribution in [2.24, 2.45) is 0 Å². The van der Waals surface area contributed by atoms with E-state index in [0.29, 0.717) is 18.1 Å². The Bertz CT molecular complexity index is 664. The Morgan fingerprint density at radius 1 is 1.18 bits per heavy atom. The summed E-state index contributed by atoms with van der Waals surface area (Å²) in [5.74, 6) is 1.15. The van der Waals surface area contributed by atoms with Crippen LogP contribution in [0.5, 0.6) is 11.5 Å². The number of alkyl halides is 3. The summed E-state index contributed by atoms with van der Waals surface area (Å²) in [7, 11) is 0. The highest BCUT2D eigenvalue weighted by atomic mass is 19.4. The molecule has 0 aliphatic carbocycles. The lowest BCUT2D eigenvalue weighted by molar-refractivity contribution is -0.141. The normalized spacial score (nSPS) is 17.1. The lowest BCUT2D eigenvalue weighted by atomic mass is 10.2. The van der Waals surface area contributed by atoms with Crippen LogP contribution in [0.3, 0.4) is 0 Å². The molecule has 0 bridgehead atoms. The van der Waals surface area contributed by atoms with Gasteiger partial charge >= 0.3 is 6.18 Å². The van der Waals surface area contributed by atoms with Gasteiger partial charge in [0.1, 0.15) is 18.4 Å². The molecule has 0 radical (unpaired) electrons. The average molecular weight is 311 g/mol. The van der Waals surface area contributed by atoms with Crippen LogP contribution >= 0.6 is 0 Å². The Labute approximate surface area is 124 Å². The Morgan fingerprint density at radius 2 is 1.95 bits per heavy atom. The minimum absolute atomic E-state index is 0.0997. The summed E-state index contributed by atoms with van der Waals surface area (Å²) < 4.78 is 48.9. The number of hydrogen-bond donors (Lipinski definition) is 1. The van der Waals surface area contributed by atoms with Crippen LogP contribution in [0, 0.1) is 0 Å². The highest BCUT2D eigenvalue weighted by Crippen LogP contribution is 2.31. The van der Waals surface area contributed by atoms with Gasteiger partial charge in [-0.25, -0.2) is 9.97 Å². The van der Waals surface area contributed by atoms with Crippen molar-refractivity contribution in [2.75, 3.05) is 18.5 Å². The van der Waals surface area contributed by atoms with Gasteiger partial charge < -0.3 is 14.8 Å². The molecule has 1 aromatic heterocycles. The number of aromatic nitrogens is 2. The highest BCUT2D eigenvalue weighted by Gasteiger charge is 2.32. The topological polar surface area (TPSA) is 56.3 Å². The molecular formula is C14H12F3N3O2. The smallest absolute Gasteiger partial charge is 0.433 e. The fourth-order valence-corrected chi connectivity index (χ4v) is 1.97. The molecule has 116 valence electrons. The van der Waals surface area contributed by atoms with Crippen molar-refractivity contribution < 1.29 is 22.6 Å². The minimum atomic E-state index is -4.50. The van der Waals surface area contributed by atoms with Gasteiger partial charge in [-0.3, -0.25) is 0 Å². The maximum Gasteiger partial charge on any atom is 0.433 e. The first-order chi connectivity index (χ1) is 10.5. The standard InChI is InChI=1S/C14H12F3N3O2/c15-14(16,17)12-5-6-18-13(20-12)19-7-9-8-21-10-3-1-2-4-11(10)22-9/h1-6,9H,7-8H2,(H,18,19,20). The molecule has 8 heteroatoms. The molecule has 0 saturated heterocycles. The summed E-state index contributed by atoms with van der Waals surface area (Å²) in [6.45, 7) is 0.526. The predicted molar refractivity (Wildman–Crippen MR) is 71.9 cm³/mol. The van der Waals surface area contributed by atoms with E-state index in [1.807, 2.05) is 12.1 Å². The number of nitrogens with zero attached hydrogens (tertiary/aromatic N) is 2. The van der Waals surface area contributed by atoms with E-state index < -0.39 is 11.9 Å². The zero-order valence-electron chi connectivity index (χ0n) is 11.3. The molecule has 1 unspecified atom stereocenters. The minimum Gasteiger partial charge on any atom is -0.486 e. The van der Waals surface area contributed by atoms with E-state index in [1.165, 1.54) is 0 Å². The summed E-state index contributed by atoms with van der Waals surface area (Å²) in [4.78, 5) is 7.19. The number of hydrogen-bond acceptors (Lipinski definition) is 5. The molecule has 5 nitrogen and oxygen atoms in total. The second-order valence-electron chi connectivity index (χ2n) is 4.64. The zero-order valence-corrected chi connectivity index (χ0v) is 11.3. The van der Waals surface area contributed by atoms with Gasteiger partial charge in [0.2, 0.25) is 5.95 Å². The van der Waals surface area contributed by atoms with E-state index in [0.717, 1.165) is 12.3 Å². The molecule has 0 spiro atoms. The molecular weight excluding hydrogens is 299 g/mol. The summed E-state index contributed by atoms with van der Waals surface area (Å²) >= 11 is 0. The van der Waals surface area contributed by atoms with E-state index in [9.17, 15) is 13.2 Å². The van der Waals surface area contributed by atoms with Crippen molar-refractivity contribution in [2.45, 2.75) is 12.3 Å². The third kappa shape index (κ3) is 3.21. The van der Waals surface area contributed by atoms with Crippen molar-refractivity contribution in [1.82, 2.24) is 9.97 Å². The van der Waals surface area contributed by atoms with Crippen LogP contribution in [0.15, 0.2) is 36.5 Å². The number of rotatable bonds is 3. The van der Waals surface area contributed by atoms with Crippen LogP contribution in [-0.4, -0.2) is 29.2 Å². The van der Waals surface area contributed by atoms with Gasteiger partial charge in [-0.05, 0) is 18.2 Å². The largest absolute Gasteiger partial charge is 0.486 e. The van der Waals surface area contributed by atoms with Crippen molar-refractivity contribution in [3.05, 3.63) is 42.2 Å². The molecule has 1 aliphatic heterocycles. The Balaban J connectivity index is 1.62. The monoisotopic (exact) mass is 311 g/mol. The summed E-state index contributed by atoms with van der Waals surface area (Å²) in [6, 6.07) is 8.02. The molecule has 3 rings (SSSR count). The maximum atomic E-state index is 12.6. The van der Waals surface area contributed by atoms with Crippen molar-refractivity contribution in [1.29, 1.82) is 0 Å². The van der Waals surface area contributed by atoms with Crippen LogP contribution < -0.4 is 14.8 Å². The predicted octanol–water partition coefficient (Wildman–Crippen LogP) is 2.75. The van der Waals surface area contributed by atoms with Crippen molar-refractivity contribution >= 4 is 5.95 Å². The molecule has 1 aliphatic rings. The second kappa shape index (κ2) is 5.70. The van der Waals surface area contributed by atoms with Gasteiger partial charge in [0.15, 0.2) is 11.5 Å². The molecule has 2 heterocycles. The summed E-state index contributed by atoms with van der Waals surface area (Å²) in [6.07, 6.45) is -3.78. The molecule has 2 aromatic rings. The third-order valence-corrected chi connectivity index (χ3v) is 3.00. The van der Waals surface area contributed by atoms with Gasteiger partial charge in [-0.15, -0.1) is 0 Å². The molecule has 1 atom stereocenters. The Morgan fingerprint density at radius 3 is 2.73 bits per heavy atom. The van der Waals surface area contributed by atoms with E-state index in [-0.39, 0.29) is 18.6 Å².